The molecule has 16 heavy (non-hydrogen) atoms. The van der Waals surface area contributed by atoms with Crippen molar-refractivity contribution in [3.05, 3.63) is 17.7 Å². The van der Waals surface area contributed by atoms with Crippen molar-refractivity contribution in [3.63, 3.8) is 0 Å². The van der Waals surface area contributed by atoms with Crippen LogP contribution in [0.25, 0.3) is 0 Å². The van der Waals surface area contributed by atoms with Gasteiger partial charge in [-0.3, -0.25) is 0 Å². The molecule has 0 radical (unpaired) electrons. The van der Waals surface area contributed by atoms with Gasteiger partial charge in [0.05, 0.1) is 11.6 Å². The largest absolute Gasteiger partial charge is 0.356 e. The first-order chi connectivity index (χ1) is 7.86. The summed E-state index contributed by atoms with van der Waals surface area (Å²) in [5.41, 5.74) is 0.721. The van der Waals surface area contributed by atoms with Gasteiger partial charge in [-0.25, -0.2) is 4.98 Å². The van der Waals surface area contributed by atoms with Gasteiger partial charge in [0.25, 0.3) is 0 Å². The summed E-state index contributed by atoms with van der Waals surface area (Å²) < 4.78 is 0. The lowest BCUT2D eigenvalue weighted by atomic mass is 10.1. The predicted molar refractivity (Wildman–Crippen MR) is 62.6 cm³/mol. The molecular formula is C12H14N4. The van der Waals surface area contributed by atoms with Crippen LogP contribution in [-0.4, -0.2) is 31.2 Å². The van der Waals surface area contributed by atoms with E-state index in [1.807, 2.05) is 12.1 Å². The molecule has 0 atom stereocenters. The fourth-order valence-corrected chi connectivity index (χ4v) is 1.98. The van der Waals surface area contributed by atoms with Crippen LogP contribution in [0.5, 0.6) is 0 Å². The number of hydrogen-bond donors (Lipinski definition) is 0. The van der Waals surface area contributed by atoms with Gasteiger partial charge in [0.1, 0.15) is 11.6 Å². The summed E-state index contributed by atoms with van der Waals surface area (Å²) in [6.07, 6.45) is 2.47. The van der Waals surface area contributed by atoms with Crippen LogP contribution in [0.4, 0.5) is 11.6 Å². The minimum Gasteiger partial charge on any atom is -0.356 e. The molecule has 0 aromatic carbocycles. The Labute approximate surface area is 95.1 Å². The van der Waals surface area contributed by atoms with Crippen molar-refractivity contribution < 1.29 is 0 Å². The Balaban J connectivity index is 1.94. The third-order valence-corrected chi connectivity index (χ3v) is 3.29. The molecule has 1 aromatic rings. The minimum absolute atomic E-state index is 0.721. The van der Waals surface area contributed by atoms with Crippen molar-refractivity contribution >= 4 is 11.6 Å². The number of rotatable bonds is 2. The molecule has 3 heterocycles. The Kier molecular flexibility index (Phi) is 2.17. The van der Waals surface area contributed by atoms with Crippen LogP contribution in [-0.2, 0) is 0 Å². The molecule has 82 valence electrons. The monoisotopic (exact) mass is 214 g/mol. The number of nitriles is 1. The standard InChI is InChI=1S/C12H14N4/c13-9-10-7-11(15-3-1-4-15)14-12(8-10)16-5-2-6-16/h7-8H,1-6H2. The number of pyridine rings is 1. The highest BCUT2D eigenvalue weighted by atomic mass is 15.3. The molecule has 0 unspecified atom stereocenters. The molecule has 4 heteroatoms. The van der Waals surface area contributed by atoms with Crippen molar-refractivity contribution in [1.82, 2.24) is 4.98 Å². The smallest absolute Gasteiger partial charge is 0.132 e. The number of anilines is 2. The van der Waals surface area contributed by atoms with E-state index < -0.39 is 0 Å². The first-order valence-electron chi connectivity index (χ1n) is 5.79. The van der Waals surface area contributed by atoms with Crippen molar-refractivity contribution in [1.29, 1.82) is 5.26 Å². The molecule has 2 saturated heterocycles. The predicted octanol–water partition coefficient (Wildman–Crippen LogP) is 1.37. The maximum absolute atomic E-state index is 9.02. The van der Waals surface area contributed by atoms with Gasteiger partial charge in [0.2, 0.25) is 0 Å². The second-order valence-corrected chi connectivity index (χ2v) is 4.37. The zero-order valence-electron chi connectivity index (χ0n) is 9.19. The van der Waals surface area contributed by atoms with Crippen LogP contribution >= 0.6 is 0 Å². The van der Waals surface area contributed by atoms with Gasteiger partial charge in [-0.15, -0.1) is 0 Å². The Morgan fingerprint density at radius 2 is 1.50 bits per heavy atom. The highest BCUT2D eigenvalue weighted by Gasteiger charge is 2.21. The average molecular weight is 214 g/mol. The molecule has 3 rings (SSSR count). The fraction of sp³-hybridized carbons (Fsp3) is 0.500. The van der Waals surface area contributed by atoms with Crippen LogP contribution in [0.3, 0.4) is 0 Å². The summed E-state index contributed by atoms with van der Waals surface area (Å²) in [5.74, 6) is 1.93. The van der Waals surface area contributed by atoms with E-state index in [1.165, 1.54) is 12.8 Å². The number of hydrogen-bond acceptors (Lipinski definition) is 4. The molecule has 0 spiro atoms. The van der Waals surface area contributed by atoms with Gasteiger partial charge >= 0.3 is 0 Å². The molecule has 1 aromatic heterocycles. The highest BCUT2D eigenvalue weighted by Crippen LogP contribution is 2.26. The first-order valence-corrected chi connectivity index (χ1v) is 5.79. The first kappa shape index (κ1) is 9.46. The lowest BCUT2D eigenvalue weighted by Gasteiger charge is -2.35. The summed E-state index contributed by atoms with van der Waals surface area (Å²) in [4.78, 5) is 9.08. The zero-order valence-corrected chi connectivity index (χ0v) is 9.19. The summed E-state index contributed by atoms with van der Waals surface area (Å²) in [6, 6.07) is 6.00. The lowest BCUT2D eigenvalue weighted by Crippen LogP contribution is -2.40. The molecule has 0 saturated carbocycles. The Morgan fingerprint density at radius 1 is 1.00 bits per heavy atom. The third kappa shape index (κ3) is 1.49. The molecule has 0 amide bonds. The SMILES string of the molecule is N#Cc1cc(N2CCC2)nc(N2CCC2)c1. The number of nitrogens with zero attached hydrogens (tertiary/aromatic N) is 4. The Morgan fingerprint density at radius 3 is 1.81 bits per heavy atom. The average Bonchev–Trinajstić information content (AvgIpc) is 2.12. The van der Waals surface area contributed by atoms with Crippen molar-refractivity contribution in [2.75, 3.05) is 36.0 Å². The van der Waals surface area contributed by atoms with E-state index in [4.69, 9.17) is 5.26 Å². The maximum Gasteiger partial charge on any atom is 0.132 e. The van der Waals surface area contributed by atoms with Crippen LogP contribution < -0.4 is 9.80 Å². The Bertz CT molecular complexity index is 409. The van der Waals surface area contributed by atoms with E-state index in [2.05, 4.69) is 20.9 Å². The maximum atomic E-state index is 9.02. The van der Waals surface area contributed by atoms with E-state index in [-0.39, 0.29) is 0 Å². The number of aromatic nitrogens is 1. The van der Waals surface area contributed by atoms with Gasteiger partial charge < -0.3 is 9.80 Å². The molecule has 2 fully saturated rings. The van der Waals surface area contributed by atoms with E-state index >= 15 is 0 Å². The summed E-state index contributed by atoms with van der Waals surface area (Å²) >= 11 is 0. The van der Waals surface area contributed by atoms with Gasteiger partial charge in [0.15, 0.2) is 0 Å². The quantitative estimate of drug-likeness (QED) is 0.746. The van der Waals surface area contributed by atoms with E-state index in [1.54, 1.807) is 0 Å². The van der Waals surface area contributed by atoms with Crippen LogP contribution in [0, 0.1) is 11.3 Å². The van der Waals surface area contributed by atoms with Gasteiger partial charge in [-0.05, 0) is 25.0 Å². The molecule has 0 bridgehead atoms. The normalized spacial score (nSPS) is 18.7. The van der Waals surface area contributed by atoms with Crippen LogP contribution in [0.15, 0.2) is 12.1 Å². The van der Waals surface area contributed by atoms with Gasteiger partial charge in [-0.1, -0.05) is 0 Å². The minimum atomic E-state index is 0.721. The molecule has 2 aliphatic heterocycles. The lowest BCUT2D eigenvalue weighted by molar-refractivity contribution is 0.595. The van der Waals surface area contributed by atoms with Crippen molar-refractivity contribution in [3.8, 4) is 6.07 Å². The Hall–Kier alpha value is -1.76. The van der Waals surface area contributed by atoms with E-state index in [0.29, 0.717) is 0 Å². The summed E-state index contributed by atoms with van der Waals surface area (Å²) in [5, 5.41) is 9.02. The van der Waals surface area contributed by atoms with Crippen molar-refractivity contribution in [2.24, 2.45) is 0 Å². The highest BCUT2D eigenvalue weighted by molar-refractivity contribution is 5.56. The molecule has 0 N–H and O–H groups in total. The topological polar surface area (TPSA) is 43.2 Å². The molecule has 2 aliphatic rings. The van der Waals surface area contributed by atoms with E-state index in [9.17, 15) is 0 Å². The second-order valence-electron chi connectivity index (χ2n) is 4.37. The summed E-state index contributed by atoms with van der Waals surface area (Å²) in [7, 11) is 0. The summed E-state index contributed by atoms with van der Waals surface area (Å²) in [6.45, 7) is 4.28. The van der Waals surface area contributed by atoms with E-state index in [0.717, 1.165) is 43.4 Å². The fourth-order valence-electron chi connectivity index (χ4n) is 1.98. The zero-order chi connectivity index (χ0) is 11.0. The van der Waals surface area contributed by atoms with Crippen LogP contribution in [0.2, 0.25) is 0 Å². The molecule has 4 nitrogen and oxygen atoms in total. The van der Waals surface area contributed by atoms with Crippen molar-refractivity contribution in [2.45, 2.75) is 12.8 Å². The third-order valence-electron chi connectivity index (χ3n) is 3.29. The second kappa shape index (κ2) is 3.67. The molecular weight excluding hydrogens is 200 g/mol. The van der Waals surface area contributed by atoms with Crippen LogP contribution in [0.1, 0.15) is 18.4 Å². The molecule has 0 aliphatic carbocycles. The van der Waals surface area contributed by atoms with Gasteiger partial charge in [-0.2, -0.15) is 5.26 Å². The van der Waals surface area contributed by atoms with Gasteiger partial charge in [0, 0.05) is 26.2 Å².